The summed E-state index contributed by atoms with van der Waals surface area (Å²) in [4.78, 5) is 2.05. The number of hydrogen-bond acceptors (Lipinski definition) is 4. The number of para-hydroxylation sites is 1. The summed E-state index contributed by atoms with van der Waals surface area (Å²) in [5.41, 5.74) is 1.07. The molecule has 17 heavy (non-hydrogen) atoms. The Hall–Kier alpha value is -0.830. The molecule has 1 saturated heterocycles. The molecule has 4 nitrogen and oxygen atoms in total. The smallest absolute Gasteiger partial charge is 0.353 e. The molecule has 0 bridgehead atoms. The van der Waals surface area contributed by atoms with Gasteiger partial charge in [-0.2, -0.15) is 0 Å². The van der Waals surface area contributed by atoms with E-state index in [0.29, 0.717) is 13.2 Å². The maximum atomic E-state index is 12.5. The van der Waals surface area contributed by atoms with Crippen LogP contribution in [0.25, 0.3) is 0 Å². The van der Waals surface area contributed by atoms with E-state index in [-0.39, 0.29) is 5.78 Å². The first-order valence-corrected chi connectivity index (χ1v) is 7.53. The van der Waals surface area contributed by atoms with E-state index in [2.05, 4.69) is 0 Å². The van der Waals surface area contributed by atoms with Gasteiger partial charge in [0.05, 0.1) is 19.8 Å². The minimum atomic E-state index is -2.98. The van der Waals surface area contributed by atoms with Crippen LogP contribution in [-0.2, 0) is 13.6 Å². The van der Waals surface area contributed by atoms with Crippen LogP contribution in [0.5, 0.6) is 0 Å². The van der Waals surface area contributed by atoms with Crippen LogP contribution in [0.15, 0.2) is 30.3 Å². The molecule has 1 heterocycles. The molecule has 1 aliphatic rings. The van der Waals surface area contributed by atoms with Crippen molar-refractivity contribution < 1.29 is 13.6 Å². The Morgan fingerprint density at radius 3 is 2.35 bits per heavy atom. The minimum Gasteiger partial charge on any atom is -0.353 e. The first-order valence-electron chi connectivity index (χ1n) is 5.91. The van der Waals surface area contributed by atoms with Gasteiger partial charge in [0.1, 0.15) is 5.78 Å². The van der Waals surface area contributed by atoms with Gasteiger partial charge < -0.3 is 13.9 Å². The van der Waals surface area contributed by atoms with Crippen molar-refractivity contribution >= 4 is 13.3 Å². The van der Waals surface area contributed by atoms with Crippen LogP contribution in [0, 0.1) is 0 Å². The Labute approximate surface area is 102 Å². The molecular weight excluding hydrogens is 237 g/mol. The molecule has 1 fully saturated rings. The summed E-state index contributed by atoms with van der Waals surface area (Å²) in [5, 5.41) is 0. The topological polar surface area (TPSA) is 38.5 Å². The highest BCUT2D eigenvalue weighted by molar-refractivity contribution is 7.55. The summed E-state index contributed by atoms with van der Waals surface area (Å²) in [7, 11) is -2.98. The van der Waals surface area contributed by atoms with Crippen molar-refractivity contribution in [3.8, 4) is 0 Å². The third-order valence-corrected chi connectivity index (χ3v) is 5.07. The summed E-state index contributed by atoms with van der Waals surface area (Å²) in [6.07, 6.45) is 0. The fraction of sp³-hybridized carbons (Fsp3) is 0.500. The van der Waals surface area contributed by atoms with Gasteiger partial charge in [-0.05, 0) is 26.0 Å². The molecule has 5 heteroatoms. The predicted molar refractivity (Wildman–Crippen MR) is 68.4 cm³/mol. The quantitative estimate of drug-likeness (QED) is 0.578. The number of nitrogens with zero attached hydrogens (tertiary/aromatic N) is 1. The second-order valence-corrected chi connectivity index (χ2v) is 6.04. The second kappa shape index (κ2) is 5.21. The van der Waals surface area contributed by atoms with Crippen molar-refractivity contribution in [1.82, 2.24) is 0 Å². The third-order valence-electron chi connectivity index (χ3n) is 2.66. The van der Waals surface area contributed by atoms with Gasteiger partial charge in [0, 0.05) is 5.69 Å². The second-order valence-electron chi connectivity index (χ2n) is 3.84. The van der Waals surface area contributed by atoms with Crippen molar-refractivity contribution in [2.45, 2.75) is 19.6 Å². The van der Waals surface area contributed by atoms with Crippen molar-refractivity contribution in [3.63, 3.8) is 0 Å². The Balaban J connectivity index is 2.08. The predicted octanol–water partition coefficient (Wildman–Crippen LogP) is 3.10. The van der Waals surface area contributed by atoms with Crippen molar-refractivity contribution in [2.24, 2.45) is 0 Å². The first-order chi connectivity index (χ1) is 8.21. The van der Waals surface area contributed by atoms with Gasteiger partial charge in [-0.1, -0.05) is 18.2 Å². The van der Waals surface area contributed by atoms with Gasteiger partial charge in [-0.25, -0.2) is 0 Å². The standard InChI is InChI=1S/C12H18NO3P/c1-3-15-17(14,16-4-2)12-10-13(12)11-8-6-5-7-9-11/h5-9,12H,3-4,10H2,1-2H3. The van der Waals surface area contributed by atoms with Gasteiger partial charge in [0.25, 0.3) is 0 Å². The van der Waals surface area contributed by atoms with Crippen molar-refractivity contribution in [1.29, 1.82) is 0 Å². The van der Waals surface area contributed by atoms with Crippen molar-refractivity contribution in [3.05, 3.63) is 30.3 Å². The maximum Gasteiger partial charge on any atom is 0.354 e. The molecule has 94 valence electrons. The highest BCUT2D eigenvalue weighted by Gasteiger charge is 2.51. The van der Waals surface area contributed by atoms with Gasteiger partial charge in [0.2, 0.25) is 0 Å². The SMILES string of the molecule is CCOP(=O)(OCC)C1CN1c1ccccc1. The molecule has 0 aliphatic carbocycles. The van der Waals surface area contributed by atoms with Gasteiger partial charge in [0.15, 0.2) is 0 Å². The van der Waals surface area contributed by atoms with E-state index in [4.69, 9.17) is 9.05 Å². The molecule has 0 spiro atoms. The lowest BCUT2D eigenvalue weighted by molar-refractivity contribution is 0.219. The monoisotopic (exact) mass is 255 g/mol. The molecule has 0 N–H and O–H groups in total. The summed E-state index contributed by atoms with van der Waals surface area (Å²) >= 11 is 0. The molecule has 0 aromatic heterocycles. The van der Waals surface area contributed by atoms with Crippen molar-refractivity contribution in [2.75, 3.05) is 24.7 Å². The Morgan fingerprint density at radius 1 is 1.24 bits per heavy atom. The molecule has 2 rings (SSSR count). The van der Waals surface area contributed by atoms with Gasteiger partial charge in [-0.3, -0.25) is 4.57 Å². The van der Waals surface area contributed by atoms with E-state index in [9.17, 15) is 4.57 Å². The average Bonchev–Trinajstić information content (AvgIpc) is 3.11. The fourth-order valence-electron chi connectivity index (χ4n) is 1.87. The molecule has 1 aromatic rings. The number of anilines is 1. The number of hydrogen-bond donors (Lipinski definition) is 0. The van der Waals surface area contributed by atoms with E-state index in [0.717, 1.165) is 12.2 Å². The van der Waals surface area contributed by atoms with Crippen LogP contribution in [0.2, 0.25) is 0 Å². The largest absolute Gasteiger partial charge is 0.354 e. The molecule has 0 saturated carbocycles. The van der Waals surface area contributed by atoms with Gasteiger partial charge >= 0.3 is 7.60 Å². The number of benzene rings is 1. The highest BCUT2D eigenvalue weighted by atomic mass is 31.2. The van der Waals surface area contributed by atoms with E-state index < -0.39 is 7.60 Å². The molecule has 1 atom stereocenters. The zero-order valence-electron chi connectivity index (χ0n) is 10.2. The van der Waals surface area contributed by atoms with Crippen LogP contribution >= 0.6 is 7.60 Å². The van der Waals surface area contributed by atoms with E-state index >= 15 is 0 Å². The third kappa shape index (κ3) is 2.71. The van der Waals surface area contributed by atoms with E-state index in [1.807, 2.05) is 49.1 Å². The summed E-state index contributed by atoms with van der Waals surface area (Å²) in [6, 6.07) is 9.91. The highest BCUT2D eigenvalue weighted by Crippen LogP contribution is 2.60. The van der Waals surface area contributed by atoms with Crippen LogP contribution in [-0.4, -0.2) is 25.5 Å². The minimum absolute atomic E-state index is 0.121. The molecule has 1 unspecified atom stereocenters. The Kier molecular flexibility index (Phi) is 3.87. The van der Waals surface area contributed by atoms with Gasteiger partial charge in [-0.15, -0.1) is 0 Å². The normalized spacial score (nSPS) is 19.4. The fourth-order valence-corrected chi connectivity index (χ4v) is 3.85. The van der Waals surface area contributed by atoms with Crippen LogP contribution in [0.4, 0.5) is 5.69 Å². The molecule has 0 amide bonds. The van der Waals surface area contributed by atoms with Crippen LogP contribution < -0.4 is 4.90 Å². The molecule has 1 aromatic carbocycles. The van der Waals surface area contributed by atoms with Crippen LogP contribution in [0.1, 0.15) is 13.8 Å². The molecule has 1 aliphatic heterocycles. The summed E-state index contributed by atoms with van der Waals surface area (Å²) in [5.74, 6) is -0.121. The molecular formula is C12H18NO3P. The summed E-state index contributed by atoms with van der Waals surface area (Å²) in [6.45, 7) is 5.23. The lowest BCUT2D eigenvalue weighted by atomic mass is 10.3. The Bertz CT molecular complexity index is 399. The van der Waals surface area contributed by atoms with Crippen LogP contribution in [0.3, 0.4) is 0 Å². The number of rotatable bonds is 6. The zero-order chi connectivity index (χ0) is 12.3. The first kappa shape index (κ1) is 12.6. The lowest BCUT2D eigenvalue weighted by Crippen LogP contribution is -2.06. The summed E-state index contributed by atoms with van der Waals surface area (Å²) < 4.78 is 23.1. The van der Waals surface area contributed by atoms with E-state index in [1.165, 1.54) is 0 Å². The maximum absolute atomic E-state index is 12.5. The zero-order valence-corrected chi connectivity index (χ0v) is 11.1. The lowest BCUT2D eigenvalue weighted by Gasteiger charge is -2.17. The molecule has 0 radical (unpaired) electrons. The Morgan fingerprint density at radius 2 is 1.82 bits per heavy atom. The van der Waals surface area contributed by atoms with E-state index in [1.54, 1.807) is 0 Å². The average molecular weight is 255 g/mol.